The van der Waals surface area contributed by atoms with E-state index in [0.717, 1.165) is 37.0 Å². The Labute approximate surface area is 174 Å². The van der Waals surface area contributed by atoms with Crippen LogP contribution in [0.3, 0.4) is 0 Å². The van der Waals surface area contributed by atoms with Crippen LogP contribution in [0.25, 0.3) is 0 Å². The Bertz CT molecular complexity index is 868. The molecule has 6 rings (SSSR count). The zero-order valence-electron chi connectivity index (χ0n) is 17.8. The first kappa shape index (κ1) is 18.2. The molecule has 0 aromatic rings. The molecule has 6 aliphatic rings. The zero-order chi connectivity index (χ0) is 20.0. The van der Waals surface area contributed by atoms with Crippen LogP contribution in [0.5, 0.6) is 0 Å². The van der Waals surface area contributed by atoms with Gasteiger partial charge in [-0.1, -0.05) is 18.6 Å². The summed E-state index contributed by atoms with van der Waals surface area (Å²) in [6, 6.07) is 0. The molecule has 0 aromatic carbocycles. The van der Waals surface area contributed by atoms with E-state index in [-0.39, 0.29) is 17.0 Å². The van der Waals surface area contributed by atoms with E-state index in [9.17, 15) is 4.79 Å². The molecule has 4 fully saturated rings. The topological polar surface area (TPSA) is 38.7 Å². The first-order valence-corrected chi connectivity index (χ1v) is 11.8. The number of hydrogen-bond acceptors (Lipinski definition) is 3. The molecule has 0 radical (unpaired) electrons. The van der Waals surface area contributed by atoms with Crippen molar-refractivity contribution < 1.29 is 9.53 Å². The lowest BCUT2D eigenvalue weighted by molar-refractivity contribution is -0.173. The van der Waals surface area contributed by atoms with Crippen LogP contribution in [0, 0.1) is 46.8 Å². The summed E-state index contributed by atoms with van der Waals surface area (Å²) in [5.74, 6) is 4.60. The highest BCUT2D eigenvalue weighted by molar-refractivity contribution is 5.96. The Morgan fingerprint density at radius 1 is 1.34 bits per heavy atom. The molecule has 9 atom stereocenters. The van der Waals surface area contributed by atoms with Crippen molar-refractivity contribution in [2.45, 2.75) is 57.5 Å². The third-order valence-electron chi connectivity index (χ3n) is 10.1. The van der Waals surface area contributed by atoms with Crippen LogP contribution in [0.15, 0.2) is 41.4 Å². The van der Waals surface area contributed by atoms with Gasteiger partial charge in [0.25, 0.3) is 0 Å². The molecule has 0 aromatic heterocycles. The fraction of sp³-hybridized carbons (Fsp3) is 0.692. The van der Waals surface area contributed by atoms with E-state index in [4.69, 9.17) is 4.74 Å². The fourth-order valence-corrected chi connectivity index (χ4v) is 9.08. The summed E-state index contributed by atoms with van der Waals surface area (Å²) in [6.45, 7) is 6.65. The third kappa shape index (κ3) is 2.10. The van der Waals surface area contributed by atoms with Crippen molar-refractivity contribution in [3.8, 4) is 0 Å². The van der Waals surface area contributed by atoms with Crippen LogP contribution in [0.2, 0.25) is 0 Å². The largest absolute Gasteiger partial charge is 0.451 e. The van der Waals surface area contributed by atoms with Crippen LogP contribution in [-0.2, 0) is 9.53 Å². The Morgan fingerprint density at radius 2 is 2.21 bits per heavy atom. The molecule has 3 nitrogen and oxygen atoms in total. The van der Waals surface area contributed by atoms with Crippen molar-refractivity contribution in [2.75, 3.05) is 7.05 Å². The predicted octanol–water partition coefficient (Wildman–Crippen LogP) is 5.14. The highest BCUT2D eigenvalue weighted by Crippen LogP contribution is 2.79. The third-order valence-corrected chi connectivity index (χ3v) is 10.1. The van der Waals surface area contributed by atoms with Crippen molar-refractivity contribution in [1.29, 1.82) is 0 Å². The minimum absolute atomic E-state index is 0.112. The number of ether oxygens (including phenoxy) is 1. The summed E-state index contributed by atoms with van der Waals surface area (Å²) in [5, 5.41) is 0. The molecule has 0 N–H and O–H groups in total. The maximum atomic E-state index is 12.2. The van der Waals surface area contributed by atoms with Crippen LogP contribution in [0.4, 0.5) is 0 Å². The van der Waals surface area contributed by atoms with Crippen molar-refractivity contribution in [3.05, 3.63) is 36.5 Å². The van der Waals surface area contributed by atoms with Crippen LogP contribution in [-0.4, -0.2) is 24.3 Å². The van der Waals surface area contributed by atoms with E-state index >= 15 is 0 Å². The molecule has 154 valence electrons. The van der Waals surface area contributed by atoms with Gasteiger partial charge in [0.05, 0.1) is 0 Å². The second kappa shape index (κ2) is 5.95. The number of fused-ring (bicyclic) bond motifs is 9. The second-order valence-corrected chi connectivity index (χ2v) is 10.6. The van der Waals surface area contributed by atoms with Crippen molar-refractivity contribution in [2.24, 2.45) is 51.8 Å². The summed E-state index contributed by atoms with van der Waals surface area (Å²) in [4.78, 5) is 16.7. The number of carbonyl (C=O) groups is 1. The van der Waals surface area contributed by atoms with Gasteiger partial charge in [0.2, 0.25) is 0 Å². The van der Waals surface area contributed by atoms with E-state index in [1.54, 1.807) is 11.6 Å². The van der Waals surface area contributed by atoms with Crippen molar-refractivity contribution in [1.82, 2.24) is 0 Å². The molecular formula is C26H33NO2. The molecule has 1 spiro atoms. The molecular weight excluding hydrogens is 358 g/mol. The van der Waals surface area contributed by atoms with Gasteiger partial charge >= 0.3 is 5.97 Å². The highest BCUT2D eigenvalue weighted by Gasteiger charge is 2.79. The molecule has 9 unspecified atom stereocenters. The van der Waals surface area contributed by atoms with Gasteiger partial charge in [0, 0.05) is 30.2 Å². The Hall–Kier alpha value is -1.64. The summed E-state index contributed by atoms with van der Waals surface area (Å²) in [7, 11) is 1.93. The molecule has 5 aliphatic carbocycles. The van der Waals surface area contributed by atoms with Gasteiger partial charge in [-0.25, -0.2) is 4.79 Å². The molecule has 29 heavy (non-hydrogen) atoms. The predicted molar refractivity (Wildman–Crippen MR) is 114 cm³/mol. The first-order chi connectivity index (χ1) is 14.1. The second-order valence-electron chi connectivity index (χ2n) is 10.6. The summed E-state index contributed by atoms with van der Waals surface area (Å²) in [5.41, 5.74) is 2.74. The number of carbonyl (C=O) groups excluding carboxylic acids is 1. The summed E-state index contributed by atoms with van der Waals surface area (Å²) >= 11 is 0. The van der Waals surface area contributed by atoms with E-state index < -0.39 is 0 Å². The van der Waals surface area contributed by atoms with E-state index in [2.05, 4.69) is 36.7 Å². The highest BCUT2D eigenvalue weighted by atomic mass is 16.6. The zero-order valence-corrected chi connectivity index (χ0v) is 17.8. The van der Waals surface area contributed by atoms with Gasteiger partial charge in [-0.15, -0.1) is 6.58 Å². The smallest absolute Gasteiger partial charge is 0.331 e. The normalized spacial score (nSPS) is 53.0. The number of hydrogen-bond donors (Lipinski definition) is 0. The quantitative estimate of drug-likeness (QED) is 0.483. The lowest BCUT2D eigenvalue weighted by Gasteiger charge is -2.59. The van der Waals surface area contributed by atoms with E-state index in [1.807, 2.05) is 7.05 Å². The number of allylic oxidation sites excluding steroid dienone is 3. The number of rotatable bonds is 2. The lowest BCUT2D eigenvalue weighted by Crippen LogP contribution is -2.57. The maximum Gasteiger partial charge on any atom is 0.331 e. The monoisotopic (exact) mass is 391 g/mol. The van der Waals surface area contributed by atoms with E-state index in [0.29, 0.717) is 23.7 Å². The van der Waals surface area contributed by atoms with Gasteiger partial charge in [-0.05, 0) is 92.6 Å². The molecule has 0 saturated heterocycles. The number of esters is 1. The van der Waals surface area contributed by atoms with Crippen molar-refractivity contribution in [3.63, 3.8) is 0 Å². The average Bonchev–Trinajstić information content (AvgIpc) is 3.40. The van der Waals surface area contributed by atoms with E-state index in [1.165, 1.54) is 31.4 Å². The van der Waals surface area contributed by atoms with Gasteiger partial charge in [-0.3, -0.25) is 4.99 Å². The lowest BCUT2D eigenvalue weighted by atomic mass is 9.46. The molecule has 1 heterocycles. The number of nitrogens with zero attached hydrogens (tertiary/aromatic N) is 1. The fourth-order valence-electron chi connectivity index (χ4n) is 9.08. The molecule has 3 heteroatoms. The summed E-state index contributed by atoms with van der Waals surface area (Å²) in [6.07, 6.45) is 17.0. The maximum absolute atomic E-state index is 12.2. The Balaban J connectivity index is 1.43. The molecule has 4 saturated carbocycles. The minimum atomic E-state index is -0.310. The molecule has 1 aliphatic heterocycles. The van der Waals surface area contributed by atoms with Gasteiger partial charge in [0.1, 0.15) is 5.60 Å². The van der Waals surface area contributed by atoms with Gasteiger partial charge < -0.3 is 4.74 Å². The Morgan fingerprint density at radius 3 is 2.90 bits per heavy atom. The number of aliphatic imine (C=N–C) groups is 1. The Kier molecular flexibility index (Phi) is 3.73. The van der Waals surface area contributed by atoms with Gasteiger partial charge in [-0.2, -0.15) is 0 Å². The van der Waals surface area contributed by atoms with Crippen LogP contribution in [0.1, 0.15) is 51.9 Å². The average molecular weight is 392 g/mol. The molecule has 0 bridgehead atoms. The molecule has 0 amide bonds. The minimum Gasteiger partial charge on any atom is -0.451 e. The summed E-state index contributed by atoms with van der Waals surface area (Å²) < 4.78 is 6.21. The first-order valence-electron chi connectivity index (χ1n) is 11.8. The SMILES string of the molecule is C=CC1CC2=CC(=NC)CCC2C2CCC3(CC)C(C4CC4C34C=CC(=O)O4)C12. The van der Waals surface area contributed by atoms with Crippen molar-refractivity contribution >= 4 is 11.7 Å². The standard InChI is InChI=1S/C26H33NO2/c1-4-15-12-16-13-17(27-3)6-7-18(16)19-8-10-25(5-2)24(23(15)19)20-14-21(20)26(25)11-9-22(28)29-26/h4,9,11,13,15,18-21,23-24H,1,5-8,10,12,14H2,2-3H3. The van der Waals surface area contributed by atoms with Gasteiger partial charge in [0.15, 0.2) is 0 Å². The van der Waals surface area contributed by atoms with Crippen LogP contribution >= 0.6 is 0 Å². The van der Waals surface area contributed by atoms with Crippen LogP contribution < -0.4 is 0 Å².